The minimum Gasteiger partial charge on any atom is -0.0982 e. The number of hydrogen-bond acceptors (Lipinski definition) is 0. The van der Waals surface area contributed by atoms with Gasteiger partial charge in [0.2, 0.25) is 0 Å². The summed E-state index contributed by atoms with van der Waals surface area (Å²) in [4.78, 5) is 0. The zero-order valence-electron chi connectivity index (χ0n) is 17.9. The maximum absolute atomic E-state index is 3.42. The van der Waals surface area contributed by atoms with Gasteiger partial charge in [-0.1, -0.05) is 102 Å². The first kappa shape index (κ1) is 24.4. The molecule has 144 valence electrons. The van der Waals surface area contributed by atoms with Crippen LogP contribution in [0.25, 0.3) is 0 Å². The van der Waals surface area contributed by atoms with Crippen molar-refractivity contribution in [2.45, 2.75) is 118 Å². The summed E-state index contributed by atoms with van der Waals surface area (Å²) in [6, 6.07) is 0. The van der Waals surface area contributed by atoms with Crippen molar-refractivity contribution in [2.75, 3.05) is 0 Å². The highest BCUT2D eigenvalue weighted by Crippen LogP contribution is 2.12. The van der Waals surface area contributed by atoms with E-state index in [0.29, 0.717) is 0 Å². The van der Waals surface area contributed by atoms with Crippen LogP contribution in [0, 0.1) is 35.5 Å². The lowest BCUT2D eigenvalue weighted by Crippen LogP contribution is -1.88. The number of hydrogen-bond donors (Lipinski definition) is 0. The average Bonchev–Trinajstić information content (AvgIpc) is 2.66. The summed E-state index contributed by atoms with van der Waals surface area (Å²) in [5, 5.41) is 0. The maximum atomic E-state index is 3.42. The minimum absolute atomic E-state index is 0.971. The molecule has 0 bridgehead atoms. The molecule has 0 N–H and O–H groups in total. The predicted molar refractivity (Wildman–Crippen MR) is 118 cm³/mol. The molecule has 0 radical (unpaired) electrons. The van der Waals surface area contributed by atoms with Crippen LogP contribution in [0.4, 0.5) is 0 Å². The van der Waals surface area contributed by atoms with Crippen LogP contribution in [-0.2, 0) is 0 Å². The van der Waals surface area contributed by atoms with E-state index in [1.807, 2.05) is 0 Å². The first-order valence-electron chi connectivity index (χ1n) is 11.0. The summed E-state index contributed by atoms with van der Waals surface area (Å²) in [7, 11) is 0. The molecule has 0 saturated heterocycles. The van der Waals surface area contributed by atoms with Crippen LogP contribution in [0.15, 0.2) is 11.1 Å². The Morgan fingerprint density at radius 1 is 0.500 bits per heavy atom. The summed E-state index contributed by atoms with van der Waals surface area (Å²) in [6.07, 6.45) is 16.0. The largest absolute Gasteiger partial charge is 0.0982 e. The van der Waals surface area contributed by atoms with Crippen LogP contribution in [0.3, 0.4) is 0 Å². The first-order chi connectivity index (χ1) is 12.8. The van der Waals surface area contributed by atoms with E-state index in [-0.39, 0.29) is 0 Å². The third-order valence-corrected chi connectivity index (χ3v) is 4.21. The molecular weight excluding hydrogens is 312 g/mol. The quantitative estimate of drug-likeness (QED) is 0.262. The lowest BCUT2D eigenvalue weighted by molar-refractivity contribution is 0.737. The van der Waals surface area contributed by atoms with E-state index >= 15 is 0 Å². The topological polar surface area (TPSA) is 0 Å². The van der Waals surface area contributed by atoms with Crippen LogP contribution in [0.5, 0.6) is 0 Å². The van der Waals surface area contributed by atoms with Gasteiger partial charge in [0, 0.05) is 24.8 Å². The SMILES string of the molecule is CCCCC#CC(CCCC)=C(C#CCCCCC)C#CCCCCC. The highest BCUT2D eigenvalue weighted by molar-refractivity contribution is 5.53. The van der Waals surface area contributed by atoms with E-state index in [4.69, 9.17) is 0 Å². The van der Waals surface area contributed by atoms with Crippen molar-refractivity contribution in [1.82, 2.24) is 0 Å². The van der Waals surface area contributed by atoms with E-state index in [1.165, 1.54) is 63.4 Å². The summed E-state index contributed by atoms with van der Waals surface area (Å²) >= 11 is 0. The van der Waals surface area contributed by atoms with Crippen LogP contribution < -0.4 is 0 Å². The van der Waals surface area contributed by atoms with Crippen molar-refractivity contribution in [2.24, 2.45) is 0 Å². The van der Waals surface area contributed by atoms with Gasteiger partial charge in [0.15, 0.2) is 0 Å². The van der Waals surface area contributed by atoms with Crippen LogP contribution in [0.1, 0.15) is 118 Å². The van der Waals surface area contributed by atoms with E-state index in [1.54, 1.807) is 0 Å². The lowest BCUT2D eigenvalue weighted by Gasteiger charge is -2.00. The molecule has 0 unspecified atom stereocenters. The zero-order chi connectivity index (χ0) is 19.3. The van der Waals surface area contributed by atoms with Crippen molar-refractivity contribution in [3.63, 3.8) is 0 Å². The summed E-state index contributed by atoms with van der Waals surface area (Å²) in [6.45, 7) is 8.91. The van der Waals surface area contributed by atoms with E-state index in [9.17, 15) is 0 Å². The highest BCUT2D eigenvalue weighted by atomic mass is 14.0. The molecule has 26 heavy (non-hydrogen) atoms. The second-order valence-electron chi connectivity index (χ2n) is 6.88. The molecule has 0 rings (SSSR count). The minimum atomic E-state index is 0.971. The Hall–Kier alpha value is -1.58. The molecule has 0 aliphatic rings. The second-order valence-corrected chi connectivity index (χ2v) is 6.88. The fourth-order valence-electron chi connectivity index (χ4n) is 2.45. The van der Waals surface area contributed by atoms with Crippen molar-refractivity contribution >= 4 is 0 Å². The van der Waals surface area contributed by atoms with Gasteiger partial charge in [-0.25, -0.2) is 0 Å². The van der Waals surface area contributed by atoms with Gasteiger partial charge < -0.3 is 0 Å². The fraction of sp³-hybridized carbons (Fsp3) is 0.692. The zero-order valence-corrected chi connectivity index (χ0v) is 17.9. The predicted octanol–water partition coefficient (Wildman–Crippen LogP) is 7.83. The van der Waals surface area contributed by atoms with Crippen molar-refractivity contribution in [3.8, 4) is 35.5 Å². The Labute approximate surface area is 164 Å². The van der Waals surface area contributed by atoms with Crippen molar-refractivity contribution < 1.29 is 0 Å². The molecule has 0 nitrogen and oxygen atoms in total. The van der Waals surface area contributed by atoms with Crippen LogP contribution >= 0.6 is 0 Å². The van der Waals surface area contributed by atoms with Gasteiger partial charge in [-0.3, -0.25) is 0 Å². The molecule has 0 amide bonds. The van der Waals surface area contributed by atoms with Crippen molar-refractivity contribution in [3.05, 3.63) is 11.1 Å². The van der Waals surface area contributed by atoms with E-state index in [0.717, 1.165) is 37.7 Å². The molecule has 0 aromatic heterocycles. The number of allylic oxidation sites excluding steroid dienone is 2. The van der Waals surface area contributed by atoms with Gasteiger partial charge in [-0.2, -0.15) is 0 Å². The third kappa shape index (κ3) is 14.7. The fourth-order valence-corrected chi connectivity index (χ4v) is 2.45. The molecule has 0 heteroatoms. The summed E-state index contributed by atoms with van der Waals surface area (Å²) in [5.41, 5.74) is 2.17. The number of unbranched alkanes of at least 4 members (excludes halogenated alkanes) is 9. The highest BCUT2D eigenvalue weighted by Gasteiger charge is 2.00. The summed E-state index contributed by atoms with van der Waals surface area (Å²) in [5.74, 6) is 20.2. The van der Waals surface area contributed by atoms with Crippen LogP contribution in [0.2, 0.25) is 0 Å². The Kier molecular flexibility index (Phi) is 18.5. The standard InChI is InChI=1S/C26H40/c1-5-9-13-16-19-23-26(24-20-17-14-10-6-2)25(21-12-8-4)22-18-15-11-7-3/h5-17,21H2,1-4H3. The molecule has 0 saturated carbocycles. The summed E-state index contributed by atoms with van der Waals surface area (Å²) < 4.78 is 0. The Morgan fingerprint density at radius 2 is 0.962 bits per heavy atom. The van der Waals surface area contributed by atoms with Crippen molar-refractivity contribution in [1.29, 1.82) is 0 Å². The average molecular weight is 353 g/mol. The van der Waals surface area contributed by atoms with Crippen LogP contribution in [-0.4, -0.2) is 0 Å². The van der Waals surface area contributed by atoms with E-state index < -0.39 is 0 Å². The molecule has 0 aliphatic carbocycles. The Balaban J connectivity index is 5.32. The first-order valence-corrected chi connectivity index (χ1v) is 11.0. The molecule has 0 spiro atoms. The molecule has 0 aromatic carbocycles. The monoisotopic (exact) mass is 352 g/mol. The molecule has 0 fully saturated rings. The van der Waals surface area contributed by atoms with Gasteiger partial charge in [0.1, 0.15) is 0 Å². The normalized spacial score (nSPS) is 9.23. The van der Waals surface area contributed by atoms with Gasteiger partial charge in [-0.05, 0) is 32.1 Å². The third-order valence-electron chi connectivity index (χ3n) is 4.21. The maximum Gasteiger partial charge on any atom is 0.0859 e. The second kappa shape index (κ2) is 19.7. The molecule has 0 aromatic rings. The molecular formula is C26H40. The Bertz CT molecular complexity index is 512. The van der Waals surface area contributed by atoms with Gasteiger partial charge in [0.25, 0.3) is 0 Å². The van der Waals surface area contributed by atoms with Gasteiger partial charge in [0.05, 0.1) is 5.57 Å². The Morgan fingerprint density at radius 3 is 1.46 bits per heavy atom. The molecule has 0 heterocycles. The van der Waals surface area contributed by atoms with E-state index in [2.05, 4.69) is 63.2 Å². The van der Waals surface area contributed by atoms with Gasteiger partial charge in [-0.15, -0.1) is 0 Å². The molecule has 0 aliphatic heterocycles. The number of rotatable bonds is 11. The lowest BCUT2D eigenvalue weighted by atomic mass is 10.0. The van der Waals surface area contributed by atoms with Gasteiger partial charge >= 0.3 is 0 Å². The molecule has 0 atom stereocenters. The smallest absolute Gasteiger partial charge is 0.0859 e.